The summed E-state index contributed by atoms with van der Waals surface area (Å²) in [5.74, 6) is 0.556. The molecule has 0 radical (unpaired) electrons. The van der Waals surface area contributed by atoms with Crippen molar-refractivity contribution in [1.29, 1.82) is 0 Å². The number of halogens is 1. The molecule has 0 fully saturated rings. The first kappa shape index (κ1) is 23.4. The molecular weight excluding hydrogens is 370 g/mol. The van der Waals surface area contributed by atoms with Crippen LogP contribution in [0.4, 0.5) is 0 Å². The minimum atomic E-state index is -3.72. The Morgan fingerprint density at radius 2 is 1.76 bits per heavy atom. The Morgan fingerprint density at radius 3 is 2.36 bits per heavy atom. The molecule has 1 rings (SSSR count). The van der Waals surface area contributed by atoms with Crippen LogP contribution >= 0.6 is 12.4 Å². The number of carbonyl (C=O) groups is 1. The lowest BCUT2D eigenvalue weighted by Crippen LogP contribution is -2.34. The Hall–Kier alpha value is -1.55. The maximum absolute atomic E-state index is 12.2. The summed E-state index contributed by atoms with van der Waals surface area (Å²) in [6.07, 6.45) is 0.0681. The Balaban J connectivity index is 0.00000576. The van der Waals surface area contributed by atoms with Gasteiger partial charge in [-0.25, -0.2) is 13.1 Å². The number of amides is 1. The van der Waals surface area contributed by atoms with Gasteiger partial charge in [0.25, 0.3) is 0 Å². The van der Waals surface area contributed by atoms with Gasteiger partial charge in [0.05, 0.1) is 19.1 Å². The van der Waals surface area contributed by atoms with Gasteiger partial charge in [0, 0.05) is 32.1 Å². The third-order valence-electron chi connectivity index (χ3n) is 3.18. The van der Waals surface area contributed by atoms with Crippen molar-refractivity contribution in [3.8, 4) is 11.5 Å². The summed E-state index contributed by atoms with van der Waals surface area (Å²) in [4.78, 5) is 11.7. The average Bonchev–Trinajstić information content (AvgIpc) is 2.57. The minimum Gasteiger partial charge on any atom is -0.493 e. The van der Waals surface area contributed by atoms with E-state index in [1.807, 2.05) is 6.92 Å². The van der Waals surface area contributed by atoms with Crippen LogP contribution in [0.3, 0.4) is 0 Å². The third-order valence-corrected chi connectivity index (χ3v) is 4.64. The summed E-state index contributed by atoms with van der Waals surface area (Å²) in [5.41, 5.74) is 0. The van der Waals surface area contributed by atoms with Gasteiger partial charge in [0.2, 0.25) is 15.9 Å². The molecule has 0 aliphatic heterocycles. The molecule has 0 aliphatic rings. The second-order valence-electron chi connectivity index (χ2n) is 4.87. The first-order valence-electron chi connectivity index (χ1n) is 7.63. The van der Waals surface area contributed by atoms with Crippen molar-refractivity contribution in [2.45, 2.75) is 18.2 Å². The van der Waals surface area contributed by atoms with Crippen molar-refractivity contribution in [2.24, 2.45) is 0 Å². The summed E-state index contributed by atoms with van der Waals surface area (Å²) in [6.45, 7) is 4.02. The lowest BCUT2D eigenvalue weighted by molar-refractivity contribution is -0.120. The molecular formula is C15H26ClN3O5S. The quantitative estimate of drug-likeness (QED) is 0.472. The highest BCUT2D eigenvalue weighted by atomic mass is 35.5. The van der Waals surface area contributed by atoms with Crippen molar-refractivity contribution < 1.29 is 22.7 Å². The molecule has 1 amide bonds. The Labute approximate surface area is 155 Å². The fraction of sp³-hybridized carbons (Fsp3) is 0.533. The molecule has 0 atom stereocenters. The van der Waals surface area contributed by atoms with Gasteiger partial charge in [-0.15, -0.1) is 12.4 Å². The van der Waals surface area contributed by atoms with E-state index in [9.17, 15) is 13.2 Å². The molecule has 8 nitrogen and oxygen atoms in total. The number of methoxy groups -OCH3 is 2. The number of hydrogen-bond donors (Lipinski definition) is 3. The number of likely N-dealkylation sites (N-methyl/N-ethyl adjacent to an activating group) is 1. The van der Waals surface area contributed by atoms with Crippen molar-refractivity contribution in [3.05, 3.63) is 18.2 Å². The van der Waals surface area contributed by atoms with Gasteiger partial charge in [-0.3, -0.25) is 4.79 Å². The predicted octanol–water partition coefficient (Wildman–Crippen LogP) is 0.520. The van der Waals surface area contributed by atoms with Gasteiger partial charge in [-0.05, 0) is 18.7 Å². The van der Waals surface area contributed by atoms with Gasteiger partial charge in [-0.1, -0.05) is 6.92 Å². The number of rotatable bonds is 11. The summed E-state index contributed by atoms with van der Waals surface area (Å²) in [7, 11) is -0.819. The highest BCUT2D eigenvalue weighted by Crippen LogP contribution is 2.29. The molecule has 25 heavy (non-hydrogen) atoms. The number of nitrogens with one attached hydrogen (secondary N) is 3. The fourth-order valence-electron chi connectivity index (χ4n) is 1.92. The lowest BCUT2D eigenvalue weighted by Gasteiger charge is -2.11. The Kier molecular flexibility index (Phi) is 11.2. The van der Waals surface area contributed by atoms with E-state index < -0.39 is 10.0 Å². The third kappa shape index (κ3) is 7.91. The average molecular weight is 396 g/mol. The van der Waals surface area contributed by atoms with E-state index in [-0.39, 0.29) is 36.2 Å². The molecule has 0 saturated heterocycles. The van der Waals surface area contributed by atoms with Gasteiger partial charge in [-0.2, -0.15) is 0 Å². The molecule has 144 valence electrons. The zero-order valence-electron chi connectivity index (χ0n) is 14.6. The van der Waals surface area contributed by atoms with Crippen LogP contribution in [0.25, 0.3) is 0 Å². The summed E-state index contributed by atoms with van der Waals surface area (Å²) in [6, 6.07) is 4.30. The maximum atomic E-state index is 12.2. The van der Waals surface area contributed by atoms with E-state index in [0.29, 0.717) is 24.6 Å². The van der Waals surface area contributed by atoms with Crippen LogP contribution in [0.1, 0.15) is 13.3 Å². The molecule has 10 heteroatoms. The Bertz CT molecular complexity index is 640. The largest absolute Gasteiger partial charge is 0.493 e. The van der Waals surface area contributed by atoms with Crippen molar-refractivity contribution in [3.63, 3.8) is 0 Å². The lowest BCUT2D eigenvalue weighted by atomic mass is 10.3. The van der Waals surface area contributed by atoms with Crippen LogP contribution in [0.5, 0.6) is 11.5 Å². The van der Waals surface area contributed by atoms with Crippen molar-refractivity contribution in [2.75, 3.05) is 40.4 Å². The maximum Gasteiger partial charge on any atom is 0.240 e. The first-order valence-corrected chi connectivity index (χ1v) is 9.12. The van der Waals surface area contributed by atoms with E-state index in [1.165, 1.54) is 32.4 Å². The van der Waals surface area contributed by atoms with Crippen LogP contribution in [0.15, 0.2) is 23.1 Å². The van der Waals surface area contributed by atoms with E-state index >= 15 is 0 Å². The molecule has 0 saturated carbocycles. The topological polar surface area (TPSA) is 106 Å². The minimum absolute atomic E-state index is 0. The van der Waals surface area contributed by atoms with Crippen LogP contribution < -0.4 is 24.8 Å². The van der Waals surface area contributed by atoms with E-state index in [4.69, 9.17) is 9.47 Å². The zero-order chi connectivity index (χ0) is 18.0. The van der Waals surface area contributed by atoms with Crippen LogP contribution in [-0.2, 0) is 14.8 Å². The zero-order valence-corrected chi connectivity index (χ0v) is 16.3. The number of sulfonamides is 1. The van der Waals surface area contributed by atoms with Gasteiger partial charge < -0.3 is 20.1 Å². The van der Waals surface area contributed by atoms with Gasteiger partial charge >= 0.3 is 0 Å². The molecule has 0 bridgehead atoms. The smallest absolute Gasteiger partial charge is 0.240 e. The molecule has 0 aromatic heterocycles. The normalized spacial score (nSPS) is 10.7. The molecule has 0 unspecified atom stereocenters. The van der Waals surface area contributed by atoms with Gasteiger partial charge in [0.1, 0.15) is 0 Å². The molecule has 1 aromatic carbocycles. The molecule has 3 N–H and O–H groups in total. The van der Waals surface area contributed by atoms with E-state index in [2.05, 4.69) is 15.4 Å². The number of ether oxygens (including phenoxy) is 2. The fourth-order valence-corrected chi connectivity index (χ4v) is 2.97. The van der Waals surface area contributed by atoms with Crippen molar-refractivity contribution >= 4 is 28.3 Å². The predicted molar refractivity (Wildman–Crippen MR) is 98.2 cm³/mol. The molecule has 0 aliphatic carbocycles. The van der Waals surface area contributed by atoms with Crippen LogP contribution in [0.2, 0.25) is 0 Å². The summed E-state index contributed by atoms with van der Waals surface area (Å²) >= 11 is 0. The highest BCUT2D eigenvalue weighted by Gasteiger charge is 2.17. The summed E-state index contributed by atoms with van der Waals surface area (Å²) in [5, 5.41) is 5.78. The SMILES string of the molecule is CCNCCNC(=O)CCNS(=O)(=O)c1ccc(OC)c(OC)c1.Cl. The molecule has 0 heterocycles. The van der Waals surface area contributed by atoms with Crippen molar-refractivity contribution in [1.82, 2.24) is 15.4 Å². The van der Waals surface area contributed by atoms with E-state index in [1.54, 1.807) is 0 Å². The highest BCUT2D eigenvalue weighted by molar-refractivity contribution is 7.89. The standard InChI is InChI=1S/C15H25N3O5S.ClH/c1-4-16-9-10-17-15(19)7-8-18-24(20,21)12-5-6-13(22-2)14(11-12)23-3;/h5-6,11,16,18H,4,7-10H2,1-3H3,(H,17,19);1H. The first-order chi connectivity index (χ1) is 11.4. The second kappa shape index (κ2) is 11.9. The summed E-state index contributed by atoms with van der Waals surface area (Å²) < 4.78 is 37.0. The number of hydrogen-bond acceptors (Lipinski definition) is 6. The monoisotopic (exact) mass is 395 g/mol. The number of benzene rings is 1. The molecule has 1 aromatic rings. The number of carbonyl (C=O) groups excluding carboxylic acids is 1. The van der Waals surface area contributed by atoms with Gasteiger partial charge in [0.15, 0.2) is 11.5 Å². The van der Waals surface area contributed by atoms with E-state index in [0.717, 1.165) is 6.54 Å². The van der Waals surface area contributed by atoms with Crippen LogP contribution in [0, 0.1) is 0 Å². The Morgan fingerprint density at radius 1 is 1.08 bits per heavy atom. The van der Waals surface area contributed by atoms with Crippen LogP contribution in [-0.4, -0.2) is 54.7 Å². The molecule has 0 spiro atoms. The second-order valence-corrected chi connectivity index (χ2v) is 6.64.